The van der Waals surface area contributed by atoms with Crippen LogP contribution in [0.25, 0.3) is 0 Å². The highest BCUT2D eigenvalue weighted by Gasteiger charge is 2.36. The van der Waals surface area contributed by atoms with Gasteiger partial charge < -0.3 is 9.80 Å². The van der Waals surface area contributed by atoms with Crippen molar-refractivity contribution < 1.29 is 14.1 Å². The summed E-state index contributed by atoms with van der Waals surface area (Å²) in [6.45, 7) is 5.79. The van der Waals surface area contributed by atoms with E-state index in [4.69, 9.17) is 4.99 Å². The van der Waals surface area contributed by atoms with Gasteiger partial charge in [0.15, 0.2) is 6.67 Å². The minimum Gasteiger partial charge on any atom is -0.358 e. The van der Waals surface area contributed by atoms with Crippen LogP contribution in [0, 0.1) is 12.7 Å². The molecule has 1 fully saturated rings. The van der Waals surface area contributed by atoms with Crippen molar-refractivity contribution in [3.8, 4) is 0 Å². The van der Waals surface area contributed by atoms with Gasteiger partial charge in [-0.3, -0.25) is 9.69 Å². The molecule has 0 radical (unpaired) electrons. The van der Waals surface area contributed by atoms with E-state index in [0.717, 1.165) is 48.7 Å². The number of hydrogen-bond donors (Lipinski definition) is 1. The lowest BCUT2D eigenvalue weighted by molar-refractivity contribution is -0.899. The molecule has 2 aliphatic rings. The fourth-order valence-electron chi connectivity index (χ4n) is 4.43. The van der Waals surface area contributed by atoms with Crippen molar-refractivity contribution in [3.63, 3.8) is 0 Å². The van der Waals surface area contributed by atoms with E-state index in [2.05, 4.69) is 4.90 Å². The predicted octanol–water partition coefficient (Wildman–Crippen LogP) is 2.96. The fourth-order valence-corrected chi connectivity index (χ4v) is 4.43. The highest BCUT2D eigenvalue weighted by Crippen LogP contribution is 2.30. The highest BCUT2D eigenvalue weighted by atomic mass is 19.1. The molecule has 3 aromatic carbocycles. The van der Waals surface area contributed by atoms with Gasteiger partial charge in [-0.2, -0.15) is 0 Å². The van der Waals surface area contributed by atoms with Crippen molar-refractivity contribution >= 4 is 28.7 Å². The van der Waals surface area contributed by atoms with Gasteiger partial charge in [-0.15, -0.1) is 0 Å². The number of benzene rings is 3. The number of halogens is 1. The summed E-state index contributed by atoms with van der Waals surface area (Å²) in [5, 5.41) is 0. The summed E-state index contributed by atoms with van der Waals surface area (Å²) >= 11 is 0. The molecule has 162 valence electrons. The fraction of sp³-hybridized carbons (Fsp3) is 0.231. The number of fused-ring (bicyclic) bond motifs is 1. The summed E-state index contributed by atoms with van der Waals surface area (Å²) in [6.07, 6.45) is 0. The summed E-state index contributed by atoms with van der Waals surface area (Å²) in [5.74, 6) is -0.243. The number of para-hydroxylation sites is 2. The van der Waals surface area contributed by atoms with Gasteiger partial charge in [-0.05, 0) is 37.3 Å². The molecule has 0 bridgehead atoms. The molecule has 0 atom stereocenters. The van der Waals surface area contributed by atoms with E-state index in [1.165, 1.54) is 11.0 Å². The molecule has 2 heterocycles. The van der Waals surface area contributed by atoms with Crippen LogP contribution in [0.2, 0.25) is 0 Å². The molecule has 1 saturated heterocycles. The number of aryl methyl sites for hydroxylation is 1. The van der Waals surface area contributed by atoms with Gasteiger partial charge >= 0.3 is 0 Å². The Morgan fingerprint density at radius 3 is 2.28 bits per heavy atom. The lowest BCUT2D eigenvalue weighted by Gasteiger charge is -2.35. The van der Waals surface area contributed by atoms with E-state index in [-0.39, 0.29) is 11.7 Å². The Kier molecular flexibility index (Phi) is 5.45. The lowest BCUT2D eigenvalue weighted by Crippen LogP contribution is -3.16. The average molecular weight is 430 g/mol. The van der Waals surface area contributed by atoms with Gasteiger partial charge in [-0.1, -0.05) is 48.0 Å². The Bertz CT molecular complexity index is 1170. The number of rotatable bonds is 4. The molecule has 0 spiro atoms. The lowest BCUT2D eigenvalue weighted by atomic mass is 10.1. The van der Waals surface area contributed by atoms with Crippen molar-refractivity contribution in [1.29, 1.82) is 0 Å². The minimum atomic E-state index is -0.184. The topological polar surface area (TPSA) is 40.4 Å². The van der Waals surface area contributed by atoms with Crippen molar-refractivity contribution in [2.45, 2.75) is 6.92 Å². The maximum atomic E-state index is 14.1. The molecule has 3 aromatic rings. The number of carbonyl (C=O) groups is 1. The molecule has 0 saturated carbocycles. The quantitative estimate of drug-likeness (QED) is 0.693. The summed E-state index contributed by atoms with van der Waals surface area (Å²) in [5.41, 5.74) is 4.87. The molecule has 1 N–H and O–H groups in total. The van der Waals surface area contributed by atoms with Crippen LogP contribution < -0.4 is 14.7 Å². The predicted molar refractivity (Wildman–Crippen MR) is 125 cm³/mol. The third-order valence-corrected chi connectivity index (χ3v) is 6.22. The molecule has 32 heavy (non-hydrogen) atoms. The van der Waals surface area contributed by atoms with E-state index >= 15 is 0 Å². The number of aliphatic imine (C=N–C) groups is 1. The molecule has 5 rings (SSSR count). The van der Waals surface area contributed by atoms with Gasteiger partial charge in [0.2, 0.25) is 0 Å². The number of anilines is 2. The number of carbonyl (C=O) groups excluding carboxylic acids is 1. The molecule has 0 unspecified atom stereocenters. The monoisotopic (exact) mass is 429 g/mol. The van der Waals surface area contributed by atoms with Gasteiger partial charge in [0.25, 0.3) is 5.91 Å². The number of hydrogen-bond acceptors (Lipinski definition) is 3. The zero-order chi connectivity index (χ0) is 22.1. The number of piperazine rings is 1. The Morgan fingerprint density at radius 2 is 1.56 bits per heavy atom. The molecular weight excluding hydrogens is 403 g/mol. The molecular formula is C26H26FN4O+. The van der Waals surface area contributed by atoms with Gasteiger partial charge in [0.05, 0.1) is 43.2 Å². The second-order valence-electron chi connectivity index (χ2n) is 8.39. The first-order valence-corrected chi connectivity index (χ1v) is 11.0. The Hall–Kier alpha value is -3.51. The normalized spacial score (nSPS) is 17.8. The van der Waals surface area contributed by atoms with Crippen molar-refractivity contribution in [1.82, 2.24) is 0 Å². The average Bonchev–Trinajstić information content (AvgIpc) is 3.07. The van der Waals surface area contributed by atoms with Crippen molar-refractivity contribution in [2.24, 2.45) is 4.99 Å². The Balaban J connectivity index is 1.33. The molecule has 5 nitrogen and oxygen atoms in total. The van der Waals surface area contributed by atoms with Gasteiger partial charge in [-0.25, -0.2) is 9.38 Å². The number of amides is 1. The van der Waals surface area contributed by atoms with Gasteiger partial charge in [0.1, 0.15) is 11.5 Å². The third-order valence-electron chi connectivity index (χ3n) is 6.22. The zero-order valence-electron chi connectivity index (χ0n) is 18.1. The van der Waals surface area contributed by atoms with Crippen LogP contribution in [0.1, 0.15) is 11.1 Å². The standard InChI is InChI=1S/C26H25FN4O/c1-19-10-12-20(13-11-19)28-25-21-6-2-4-8-23(21)31(26(25)32)18-29-14-16-30(17-15-29)24-9-5-3-7-22(24)27/h2-13H,14-18H2,1H3/p+1. The first-order chi connectivity index (χ1) is 15.6. The van der Waals surface area contributed by atoms with E-state index in [0.29, 0.717) is 18.1 Å². The van der Waals surface area contributed by atoms with E-state index in [9.17, 15) is 9.18 Å². The minimum absolute atomic E-state index is 0.0594. The Morgan fingerprint density at radius 1 is 0.906 bits per heavy atom. The van der Waals surface area contributed by atoms with Crippen LogP contribution in [-0.4, -0.2) is 44.5 Å². The summed E-state index contributed by atoms with van der Waals surface area (Å²) in [7, 11) is 0. The molecule has 0 aromatic heterocycles. The van der Waals surface area contributed by atoms with E-state index in [1.54, 1.807) is 6.07 Å². The van der Waals surface area contributed by atoms with Crippen molar-refractivity contribution in [2.75, 3.05) is 42.6 Å². The van der Waals surface area contributed by atoms with Crippen LogP contribution in [0.4, 0.5) is 21.5 Å². The largest absolute Gasteiger partial charge is 0.358 e. The number of nitrogens with zero attached hydrogens (tertiary/aromatic N) is 3. The Labute approximate surface area is 187 Å². The SMILES string of the molecule is Cc1ccc(N=C2C(=O)N(C[NH+]3CCN(c4ccccc4F)CC3)c3ccccc32)cc1. The van der Waals surface area contributed by atoms with Crippen LogP contribution in [-0.2, 0) is 4.79 Å². The highest BCUT2D eigenvalue weighted by molar-refractivity contribution is 6.54. The van der Waals surface area contributed by atoms with Gasteiger partial charge in [0, 0.05) is 5.56 Å². The molecule has 0 aliphatic carbocycles. The summed E-state index contributed by atoms with van der Waals surface area (Å²) in [4.78, 5) is 23.3. The summed E-state index contributed by atoms with van der Waals surface area (Å²) in [6, 6.07) is 22.6. The molecule has 6 heteroatoms. The summed E-state index contributed by atoms with van der Waals surface area (Å²) < 4.78 is 14.1. The maximum Gasteiger partial charge on any atom is 0.281 e. The second-order valence-corrected chi connectivity index (χ2v) is 8.39. The zero-order valence-corrected chi connectivity index (χ0v) is 18.1. The van der Waals surface area contributed by atoms with Crippen LogP contribution in [0.5, 0.6) is 0 Å². The number of quaternary nitrogens is 1. The smallest absolute Gasteiger partial charge is 0.281 e. The molecule has 2 aliphatic heterocycles. The molecule has 1 amide bonds. The number of nitrogens with one attached hydrogen (secondary N) is 1. The van der Waals surface area contributed by atoms with Crippen LogP contribution in [0.15, 0.2) is 77.8 Å². The van der Waals surface area contributed by atoms with Crippen LogP contribution >= 0.6 is 0 Å². The second kappa shape index (κ2) is 8.55. The van der Waals surface area contributed by atoms with Crippen LogP contribution in [0.3, 0.4) is 0 Å². The first-order valence-electron chi connectivity index (χ1n) is 11.0. The maximum absolute atomic E-state index is 14.1. The van der Waals surface area contributed by atoms with Crippen molar-refractivity contribution in [3.05, 3.63) is 89.7 Å². The first kappa shape index (κ1) is 20.4. The van der Waals surface area contributed by atoms with E-state index < -0.39 is 0 Å². The third kappa shape index (κ3) is 3.89. The van der Waals surface area contributed by atoms with E-state index in [1.807, 2.05) is 72.5 Å².